The molecule has 110 valence electrons. The van der Waals surface area contributed by atoms with E-state index in [4.69, 9.17) is 9.47 Å². The highest BCUT2D eigenvalue weighted by Crippen LogP contribution is 2.30. The van der Waals surface area contributed by atoms with Crippen LogP contribution >= 0.6 is 0 Å². The van der Waals surface area contributed by atoms with E-state index in [1.807, 2.05) is 0 Å². The zero-order valence-corrected chi connectivity index (χ0v) is 11.4. The lowest BCUT2D eigenvalue weighted by atomic mass is 9.83. The number of carbonyl (C=O) groups is 1. The quantitative estimate of drug-likeness (QED) is 0.778. The standard InChI is InChI=1S/C15H18F2O3/c1-19-12-6-7-13(15(17)14(12)16)20-9-11-4-2-10(8-18)3-5-11/h6-8,10-11H,2-5,9H2,1H3. The Morgan fingerprint density at radius 3 is 2.35 bits per heavy atom. The Hall–Kier alpha value is -1.65. The van der Waals surface area contributed by atoms with Gasteiger partial charge in [-0.1, -0.05) is 0 Å². The minimum Gasteiger partial charge on any atom is -0.494 e. The third kappa shape index (κ3) is 3.26. The molecule has 0 spiro atoms. The lowest BCUT2D eigenvalue weighted by Crippen LogP contribution is -2.21. The summed E-state index contributed by atoms with van der Waals surface area (Å²) in [7, 11) is 1.28. The lowest BCUT2D eigenvalue weighted by molar-refractivity contribution is -0.112. The van der Waals surface area contributed by atoms with Gasteiger partial charge in [-0.3, -0.25) is 0 Å². The van der Waals surface area contributed by atoms with Crippen LogP contribution in [0.25, 0.3) is 0 Å². The van der Waals surface area contributed by atoms with Gasteiger partial charge in [0.2, 0.25) is 11.6 Å². The topological polar surface area (TPSA) is 35.5 Å². The minimum atomic E-state index is -1.03. The van der Waals surface area contributed by atoms with Gasteiger partial charge in [0.05, 0.1) is 13.7 Å². The van der Waals surface area contributed by atoms with Crippen molar-refractivity contribution in [3.05, 3.63) is 23.8 Å². The molecule has 3 nitrogen and oxygen atoms in total. The zero-order chi connectivity index (χ0) is 14.5. The molecule has 0 aliphatic heterocycles. The Kier molecular flexibility index (Phi) is 4.93. The monoisotopic (exact) mass is 284 g/mol. The minimum absolute atomic E-state index is 0.0965. The normalized spacial score (nSPS) is 22.4. The van der Waals surface area contributed by atoms with Crippen molar-refractivity contribution < 1.29 is 23.0 Å². The molecule has 0 unspecified atom stereocenters. The van der Waals surface area contributed by atoms with Crippen LogP contribution in [0.1, 0.15) is 25.7 Å². The molecule has 0 saturated heterocycles. The first-order valence-electron chi connectivity index (χ1n) is 6.75. The summed E-state index contributed by atoms with van der Waals surface area (Å²) in [6, 6.07) is 2.71. The van der Waals surface area contributed by atoms with Gasteiger partial charge in [-0.25, -0.2) is 0 Å². The Bertz CT molecular complexity index is 468. The number of carbonyl (C=O) groups excluding carboxylic acids is 1. The zero-order valence-electron chi connectivity index (χ0n) is 11.4. The molecular formula is C15H18F2O3. The van der Waals surface area contributed by atoms with Crippen LogP contribution in [0.5, 0.6) is 11.5 Å². The van der Waals surface area contributed by atoms with Crippen LogP contribution in [-0.2, 0) is 4.79 Å². The molecule has 0 amide bonds. The molecule has 0 aromatic heterocycles. The van der Waals surface area contributed by atoms with E-state index in [1.54, 1.807) is 0 Å². The van der Waals surface area contributed by atoms with Crippen LogP contribution in [0, 0.1) is 23.5 Å². The maximum atomic E-state index is 13.7. The van der Waals surface area contributed by atoms with Crippen molar-refractivity contribution in [1.82, 2.24) is 0 Å². The molecule has 20 heavy (non-hydrogen) atoms. The summed E-state index contributed by atoms with van der Waals surface area (Å²) >= 11 is 0. The molecule has 1 saturated carbocycles. The van der Waals surface area contributed by atoms with Crippen LogP contribution in [0.3, 0.4) is 0 Å². The first-order chi connectivity index (χ1) is 9.65. The fourth-order valence-electron chi connectivity index (χ4n) is 2.48. The smallest absolute Gasteiger partial charge is 0.204 e. The Balaban J connectivity index is 1.91. The number of methoxy groups -OCH3 is 1. The van der Waals surface area contributed by atoms with Crippen molar-refractivity contribution in [2.45, 2.75) is 25.7 Å². The van der Waals surface area contributed by atoms with Crippen molar-refractivity contribution in [2.24, 2.45) is 11.8 Å². The van der Waals surface area contributed by atoms with Crippen molar-refractivity contribution in [3.8, 4) is 11.5 Å². The molecule has 1 aliphatic rings. The molecule has 0 N–H and O–H groups in total. The van der Waals surface area contributed by atoms with Crippen LogP contribution < -0.4 is 9.47 Å². The SMILES string of the molecule is COc1ccc(OCC2CCC(C=O)CC2)c(F)c1F. The van der Waals surface area contributed by atoms with Gasteiger partial charge < -0.3 is 14.3 Å². The predicted octanol–water partition coefficient (Wildman–Crippen LogP) is 3.36. The van der Waals surface area contributed by atoms with E-state index in [1.165, 1.54) is 19.2 Å². The molecule has 0 bridgehead atoms. The second-order valence-electron chi connectivity index (χ2n) is 5.12. The maximum absolute atomic E-state index is 13.7. The van der Waals surface area contributed by atoms with Crippen molar-refractivity contribution in [2.75, 3.05) is 13.7 Å². The van der Waals surface area contributed by atoms with Crippen LogP contribution in [0.2, 0.25) is 0 Å². The summed E-state index contributed by atoms with van der Waals surface area (Å²) in [5, 5.41) is 0. The molecule has 1 fully saturated rings. The van der Waals surface area contributed by atoms with Crippen LogP contribution in [-0.4, -0.2) is 20.0 Å². The number of rotatable bonds is 5. The van der Waals surface area contributed by atoms with Crippen molar-refractivity contribution in [1.29, 1.82) is 0 Å². The summed E-state index contributed by atoms with van der Waals surface area (Å²) in [5.41, 5.74) is 0. The largest absolute Gasteiger partial charge is 0.494 e. The van der Waals surface area contributed by atoms with Gasteiger partial charge in [-0.05, 0) is 43.7 Å². The van der Waals surface area contributed by atoms with Gasteiger partial charge in [0, 0.05) is 5.92 Å². The highest BCUT2D eigenvalue weighted by atomic mass is 19.2. The van der Waals surface area contributed by atoms with Gasteiger partial charge in [-0.2, -0.15) is 8.78 Å². The van der Waals surface area contributed by atoms with Crippen molar-refractivity contribution in [3.63, 3.8) is 0 Å². The van der Waals surface area contributed by atoms with Crippen LogP contribution in [0.15, 0.2) is 12.1 Å². The van der Waals surface area contributed by atoms with Gasteiger partial charge in [0.1, 0.15) is 6.29 Å². The number of benzene rings is 1. The second kappa shape index (κ2) is 6.68. The Labute approximate surface area is 116 Å². The average Bonchev–Trinajstić information content (AvgIpc) is 2.49. The molecule has 2 rings (SSSR count). The Morgan fingerprint density at radius 2 is 1.75 bits per heavy atom. The molecule has 0 atom stereocenters. The highest BCUT2D eigenvalue weighted by Gasteiger charge is 2.22. The summed E-state index contributed by atoms with van der Waals surface area (Å²) in [4.78, 5) is 10.7. The number of aldehydes is 1. The average molecular weight is 284 g/mol. The predicted molar refractivity (Wildman–Crippen MR) is 69.9 cm³/mol. The number of halogens is 2. The van der Waals surface area contributed by atoms with Gasteiger partial charge in [-0.15, -0.1) is 0 Å². The van der Waals surface area contributed by atoms with Gasteiger partial charge in [0.15, 0.2) is 11.5 Å². The molecule has 0 heterocycles. The third-order valence-corrected chi connectivity index (χ3v) is 3.79. The molecule has 1 aliphatic carbocycles. The lowest BCUT2D eigenvalue weighted by Gasteiger charge is -2.25. The maximum Gasteiger partial charge on any atom is 0.204 e. The van der Waals surface area contributed by atoms with Gasteiger partial charge in [0.25, 0.3) is 0 Å². The Morgan fingerprint density at radius 1 is 1.15 bits per heavy atom. The molecule has 5 heteroatoms. The summed E-state index contributed by atoms with van der Waals surface area (Å²) in [6.07, 6.45) is 4.44. The third-order valence-electron chi connectivity index (χ3n) is 3.79. The van der Waals surface area contributed by atoms with E-state index in [-0.39, 0.29) is 23.3 Å². The second-order valence-corrected chi connectivity index (χ2v) is 5.12. The highest BCUT2D eigenvalue weighted by molar-refractivity contribution is 5.53. The fraction of sp³-hybridized carbons (Fsp3) is 0.533. The van der Waals surface area contributed by atoms with E-state index in [2.05, 4.69) is 0 Å². The first-order valence-corrected chi connectivity index (χ1v) is 6.75. The van der Waals surface area contributed by atoms with E-state index in [9.17, 15) is 13.6 Å². The van der Waals surface area contributed by atoms with Crippen LogP contribution in [0.4, 0.5) is 8.78 Å². The molecule has 1 aromatic carbocycles. The van der Waals surface area contributed by atoms with E-state index < -0.39 is 11.6 Å². The van der Waals surface area contributed by atoms with Crippen molar-refractivity contribution >= 4 is 6.29 Å². The summed E-state index contributed by atoms with van der Waals surface area (Å²) in [6.45, 7) is 0.342. The molecular weight excluding hydrogens is 266 g/mol. The molecule has 1 aromatic rings. The van der Waals surface area contributed by atoms with E-state index in [0.29, 0.717) is 6.61 Å². The van der Waals surface area contributed by atoms with E-state index >= 15 is 0 Å². The number of hydrogen-bond acceptors (Lipinski definition) is 3. The van der Waals surface area contributed by atoms with Gasteiger partial charge >= 0.3 is 0 Å². The number of hydrogen-bond donors (Lipinski definition) is 0. The van der Waals surface area contributed by atoms with E-state index in [0.717, 1.165) is 32.0 Å². The molecule has 0 radical (unpaired) electrons. The summed E-state index contributed by atoms with van der Waals surface area (Å²) in [5.74, 6) is -1.86. The number of ether oxygens (including phenoxy) is 2. The fourth-order valence-corrected chi connectivity index (χ4v) is 2.48. The first kappa shape index (κ1) is 14.8. The summed E-state index contributed by atoms with van der Waals surface area (Å²) < 4.78 is 37.3.